The summed E-state index contributed by atoms with van der Waals surface area (Å²) < 4.78 is 10.4. The Morgan fingerprint density at radius 2 is 2.00 bits per heavy atom. The van der Waals surface area contributed by atoms with E-state index in [0.717, 1.165) is 5.92 Å². The van der Waals surface area contributed by atoms with Gasteiger partial charge in [-0.25, -0.2) is 0 Å². The molecule has 1 aliphatic carbocycles. The van der Waals surface area contributed by atoms with Crippen LogP contribution >= 0.6 is 0 Å². The van der Waals surface area contributed by atoms with Crippen molar-refractivity contribution in [2.24, 2.45) is 5.92 Å². The second-order valence-corrected chi connectivity index (χ2v) is 5.14. The molecular weight excluding hydrogens is 218 g/mol. The number of methoxy groups -OCH3 is 1. The van der Waals surface area contributed by atoms with Gasteiger partial charge < -0.3 is 19.9 Å². The zero-order valence-electron chi connectivity index (χ0n) is 11.3. The van der Waals surface area contributed by atoms with E-state index in [0.29, 0.717) is 25.8 Å². The molecule has 1 rings (SSSR count). The first-order valence-corrected chi connectivity index (χ1v) is 6.65. The van der Waals surface area contributed by atoms with Crippen LogP contribution in [0.25, 0.3) is 0 Å². The van der Waals surface area contributed by atoms with Gasteiger partial charge in [0.1, 0.15) is 0 Å². The molecule has 4 nitrogen and oxygen atoms in total. The third-order valence-electron chi connectivity index (χ3n) is 3.51. The van der Waals surface area contributed by atoms with Gasteiger partial charge in [-0.05, 0) is 32.6 Å². The molecule has 0 aliphatic heterocycles. The van der Waals surface area contributed by atoms with Crippen molar-refractivity contribution in [1.29, 1.82) is 0 Å². The molecule has 3 unspecified atom stereocenters. The predicted octanol–water partition coefficient (Wildman–Crippen LogP) is 1.18. The summed E-state index contributed by atoms with van der Waals surface area (Å²) in [6.45, 7) is 5.69. The van der Waals surface area contributed by atoms with Crippen molar-refractivity contribution in [2.75, 3.05) is 26.9 Å². The van der Waals surface area contributed by atoms with Crippen LogP contribution in [-0.4, -0.2) is 50.2 Å². The van der Waals surface area contributed by atoms with Gasteiger partial charge in [0.15, 0.2) is 0 Å². The van der Waals surface area contributed by atoms with Gasteiger partial charge in [-0.15, -0.1) is 0 Å². The number of hydrogen-bond acceptors (Lipinski definition) is 4. The van der Waals surface area contributed by atoms with Crippen molar-refractivity contribution in [3.8, 4) is 0 Å². The molecule has 1 fully saturated rings. The van der Waals surface area contributed by atoms with Gasteiger partial charge in [-0.2, -0.15) is 0 Å². The molecule has 0 aromatic rings. The molecule has 0 amide bonds. The van der Waals surface area contributed by atoms with Gasteiger partial charge in [-0.1, -0.05) is 6.42 Å². The van der Waals surface area contributed by atoms with Crippen molar-refractivity contribution in [1.82, 2.24) is 5.32 Å². The van der Waals surface area contributed by atoms with Crippen LogP contribution in [0.4, 0.5) is 0 Å². The van der Waals surface area contributed by atoms with E-state index in [1.54, 1.807) is 7.11 Å². The molecule has 0 saturated heterocycles. The average Bonchev–Trinajstić information content (AvgIpc) is 2.21. The molecule has 0 aromatic carbocycles. The molecule has 17 heavy (non-hydrogen) atoms. The number of ether oxygens (including phenoxy) is 2. The van der Waals surface area contributed by atoms with E-state index in [-0.39, 0.29) is 6.10 Å². The molecular formula is C13H27NO3. The van der Waals surface area contributed by atoms with Crippen LogP contribution in [0.3, 0.4) is 0 Å². The summed E-state index contributed by atoms with van der Waals surface area (Å²) in [7, 11) is 1.65. The van der Waals surface area contributed by atoms with E-state index < -0.39 is 6.10 Å². The van der Waals surface area contributed by atoms with Crippen LogP contribution in [0.2, 0.25) is 0 Å². The summed E-state index contributed by atoms with van der Waals surface area (Å²) in [5.74, 6) is 0.801. The smallest absolute Gasteiger partial charge is 0.0897 e. The first kappa shape index (κ1) is 14.9. The Hall–Kier alpha value is -0.160. The monoisotopic (exact) mass is 245 g/mol. The molecule has 1 aliphatic rings. The van der Waals surface area contributed by atoms with Crippen LogP contribution in [0, 0.1) is 5.92 Å². The van der Waals surface area contributed by atoms with Gasteiger partial charge in [0.05, 0.1) is 25.4 Å². The Balaban J connectivity index is 2.01. The summed E-state index contributed by atoms with van der Waals surface area (Å²) in [5, 5.41) is 13.1. The minimum Gasteiger partial charge on any atom is -0.389 e. The number of hydrogen-bond donors (Lipinski definition) is 2. The topological polar surface area (TPSA) is 50.7 Å². The van der Waals surface area contributed by atoms with Crippen molar-refractivity contribution >= 4 is 0 Å². The Kier molecular flexibility index (Phi) is 7.04. The molecule has 102 valence electrons. The summed E-state index contributed by atoms with van der Waals surface area (Å²) in [6.07, 6.45) is 3.62. The third kappa shape index (κ3) is 5.82. The molecule has 0 aromatic heterocycles. The maximum absolute atomic E-state index is 9.76. The minimum atomic E-state index is -0.433. The van der Waals surface area contributed by atoms with E-state index in [9.17, 15) is 5.11 Å². The normalized spacial score (nSPS) is 21.9. The fourth-order valence-electron chi connectivity index (χ4n) is 2.05. The lowest BCUT2D eigenvalue weighted by atomic mass is 9.80. The lowest BCUT2D eigenvalue weighted by molar-refractivity contribution is -0.0320. The van der Waals surface area contributed by atoms with Gasteiger partial charge in [0, 0.05) is 19.7 Å². The SMILES string of the molecule is COCC(C)OCC(O)CNC(C)C1CCC1. The summed E-state index contributed by atoms with van der Waals surface area (Å²) in [6, 6.07) is 0.509. The van der Waals surface area contributed by atoms with E-state index in [1.807, 2.05) is 6.92 Å². The summed E-state index contributed by atoms with van der Waals surface area (Å²) in [5.41, 5.74) is 0. The van der Waals surface area contributed by atoms with Gasteiger partial charge >= 0.3 is 0 Å². The Labute approximate surface area is 105 Å². The maximum atomic E-state index is 9.76. The lowest BCUT2D eigenvalue weighted by Gasteiger charge is -2.32. The van der Waals surface area contributed by atoms with Gasteiger partial charge in [0.25, 0.3) is 0 Å². The molecule has 0 radical (unpaired) electrons. The molecule has 0 heterocycles. The highest BCUT2D eigenvalue weighted by molar-refractivity contribution is 4.80. The minimum absolute atomic E-state index is 0.0405. The molecule has 4 heteroatoms. The predicted molar refractivity (Wildman–Crippen MR) is 68.1 cm³/mol. The largest absolute Gasteiger partial charge is 0.389 e. The van der Waals surface area contributed by atoms with Crippen molar-refractivity contribution in [3.63, 3.8) is 0 Å². The van der Waals surface area contributed by atoms with E-state index >= 15 is 0 Å². The third-order valence-corrected chi connectivity index (χ3v) is 3.51. The summed E-state index contributed by atoms with van der Waals surface area (Å²) >= 11 is 0. The summed E-state index contributed by atoms with van der Waals surface area (Å²) in [4.78, 5) is 0. The average molecular weight is 245 g/mol. The molecule has 0 bridgehead atoms. The first-order chi connectivity index (χ1) is 8.13. The molecule has 3 atom stereocenters. The quantitative estimate of drug-likeness (QED) is 0.640. The first-order valence-electron chi connectivity index (χ1n) is 6.65. The zero-order valence-corrected chi connectivity index (χ0v) is 11.3. The van der Waals surface area contributed by atoms with E-state index in [4.69, 9.17) is 9.47 Å². The standard InChI is InChI=1S/C13H27NO3/c1-10(8-16-3)17-9-13(15)7-14-11(2)12-5-4-6-12/h10-15H,4-9H2,1-3H3. The zero-order chi connectivity index (χ0) is 12.7. The molecule has 1 saturated carbocycles. The van der Waals surface area contributed by atoms with Crippen LogP contribution in [-0.2, 0) is 9.47 Å². The molecule has 2 N–H and O–H groups in total. The van der Waals surface area contributed by atoms with Crippen LogP contribution in [0.1, 0.15) is 33.1 Å². The van der Waals surface area contributed by atoms with E-state index in [2.05, 4.69) is 12.2 Å². The number of nitrogens with one attached hydrogen (secondary N) is 1. The maximum Gasteiger partial charge on any atom is 0.0897 e. The highest BCUT2D eigenvalue weighted by Gasteiger charge is 2.23. The fourth-order valence-corrected chi connectivity index (χ4v) is 2.05. The Bertz CT molecular complexity index is 197. The number of aliphatic hydroxyl groups excluding tert-OH is 1. The second kappa shape index (κ2) is 8.03. The van der Waals surface area contributed by atoms with Gasteiger partial charge in [-0.3, -0.25) is 0 Å². The highest BCUT2D eigenvalue weighted by Crippen LogP contribution is 2.29. The van der Waals surface area contributed by atoms with Crippen LogP contribution < -0.4 is 5.32 Å². The van der Waals surface area contributed by atoms with Crippen LogP contribution in [0.15, 0.2) is 0 Å². The van der Waals surface area contributed by atoms with Crippen LogP contribution in [0.5, 0.6) is 0 Å². The van der Waals surface area contributed by atoms with E-state index in [1.165, 1.54) is 19.3 Å². The van der Waals surface area contributed by atoms with Crippen molar-refractivity contribution in [2.45, 2.75) is 51.4 Å². The Morgan fingerprint density at radius 3 is 2.53 bits per heavy atom. The second-order valence-electron chi connectivity index (χ2n) is 5.14. The Morgan fingerprint density at radius 1 is 1.29 bits per heavy atom. The van der Waals surface area contributed by atoms with Gasteiger partial charge in [0.2, 0.25) is 0 Å². The van der Waals surface area contributed by atoms with Crippen molar-refractivity contribution < 1.29 is 14.6 Å². The van der Waals surface area contributed by atoms with Crippen molar-refractivity contribution in [3.05, 3.63) is 0 Å². The highest BCUT2D eigenvalue weighted by atomic mass is 16.5. The number of aliphatic hydroxyl groups is 1. The fraction of sp³-hybridized carbons (Fsp3) is 1.00. The lowest BCUT2D eigenvalue weighted by Crippen LogP contribution is -2.42. The molecule has 0 spiro atoms. The number of rotatable bonds is 9.